The summed E-state index contributed by atoms with van der Waals surface area (Å²) in [5.41, 5.74) is 5.94. The highest BCUT2D eigenvalue weighted by molar-refractivity contribution is 6.20. The summed E-state index contributed by atoms with van der Waals surface area (Å²) in [6.07, 6.45) is 20.6. The first-order valence-corrected chi connectivity index (χ1v) is 8.26. The SMILES string of the molecule is O/C=c1\cc2[nH]c1=CC1=NC(=CC3=NC(=CC4=NC(=C2)C=C4)C=C3)C=C1. The van der Waals surface area contributed by atoms with Crippen molar-refractivity contribution in [2.45, 2.75) is 0 Å². The van der Waals surface area contributed by atoms with Crippen molar-refractivity contribution in [3.05, 3.63) is 88.0 Å². The van der Waals surface area contributed by atoms with Gasteiger partial charge in [-0.2, -0.15) is 0 Å². The molecule has 0 saturated heterocycles. The van der Waals surface area contributed by atoms with Crippen LogP contribution in [0.3, 0.4) is 0 Å². The molecule has 4 aliphatic heterocycles. The molecule has 5 rings (SSSR count). The molecule has 1 aromatic heterocycles. The van der Waals surface area contributed by atoms with E-state index in [0.29, 0.717) is 5.22 Å². The molecule has 5 nitrogen and oxygen atoms in total. The van der Waals surface area contributed by atoms with E-state index in [1.54, 1.807) is 0 Å². The average molecular weight is 338 g/mol. The molecule has 5 heteroatoms. The first-order valence-electron chi connectivity index (χ1n) is 8.26. The van der Waals surface area contributed by atoms with Crippen LogP contribution in [-0.2, 0) is 0 Å². The first-order chi connectivity index (χ1) is 12.7. The fourth-order valence-corrected chi connectivity index (χ4v) is 3.09. The lowest BCUT2D eigenvalue weighted by molar-refractivity contribution is 0.540. The average Bonchev–Trinajstić information content (AvgIpc) is 3.39. The van der Waals surface area contributed by atoms with Crippen LogP contribution in [0.15, 0.2) is 86.7 Å². The van der Waals surface area contributed by atoms with Crippen LogP contribution in [0.2, 0.25) is 0 Å². The molecule has 0 amide bonds. The van der Waals surface area contributed by atoms with Crippen molar-refractivity contribution >= 4 is 35.5 Å². The molecule has 1 aromatic rings. The van der Waals surface area contributed by atoms with Crippen LogP contribution in [0, 0.1) is 0 Å². The van der Waals surface area contributed by atoms with E-state index in [-0.39, 0.29) is 0 Å². The fraction of sp³-hybridized carbons (Fsp3) is 0. The normalized spacial score (nSPS) is 20.4. The number of allylic oxidation sites excluding steroid dienone is 8. The summed E-state index contributed by atoms with van der Waals surface area (Å²) in [7, 11) is 0. The smallest absolute Gasteiger partial charge is 0.0885 e. The summed E-state index contributed by atoms with van der Waals surface area (Å²) in [6.45, 7) is 0. The minimum atomic E-state index is 0.703. The molecule has 26 heavy (non-hydrogen) atoms. The molecule has 2 N–H and O–H groups in total. The molecule has 0 spiro atoms. The number of hydrogen-bond acceptors (Lipinski definition) is 4. The topological polar surface area (TPSA) is 73.1 Å². The van der Waals surface area contributed by atoms with Crippen LogP contribution < -0.4 is 10.6 Å². The van der Waals surface area contributed by atoms with Gasteiger partial charge in [0.25, 0.3) is 0 Å². The number of hydrogen-bond donors (Lipinski definition) is 2. The summed E-state index contributed by atoms with van der Waals surface area (Å²) in [6, 6.07) is 1.88. The van der Waals surface area contributed by atoms with Gasteiger partial charge in [-0.1, -0.05) is 0 Å². The third-order valence-corrected chi connectivity index (χ3v) is 4.28. The number of aliphatic hydroxyl groups is 1. The molecule has 0 atom stereocenters. The molecule has 8 bridgehead atoms. The highest BCUT2D eigenvalue weighted by Gasteiger charge is 2.09. The summed E-state index contributed by atoms with van der Waals surface area (Å²) in [5, 5.41) is 11.0. The van der Waals surface area contributed by atoms with Gasteiger partial charge >= 0.3 is 0 Å². The minimum absolute atomic E-state index is 0.703. The van der Waals surface area contributed by atoms with Gasteiger partial charge in [0.1, 0.15) is 0 Å². The molecule has 124 valence electrons. The van der Waals surface area contributed by atoms with Crippen molar-refractivity contribution in [2.75, 3.05) is 0 Å². The van der Waals surface area contributed by atoms with Gasteiger partial charge in [0, 0.05) is 10.9 Å². The van der Waals surface area contributed by atoms with Crippen molar-refractivity contribution < 1.29 is 5.11 Å². The second-order valence-electron chi connectivity index (χ2n) is 6.18. The molecule has 0 unspecified atom stereocenters. The van der Waals surface area contributed by atoms with Gasteiger partial charge in [0.05, 0.1) is 45.8 Å². The van der Waals surface area contributed by atoms with Crippen LogP contribution in [0.4, 0.5) is 0 Å². The lowest BCUT2D eigenvalue weighted by Gasteiger charge is -1.93. The van der Waals surface area contributed by atoms with E-state index in [0.717, 1.165) is 51.5 Å². The van der Waals surface area contributed by atoms with Crippen molar-refractivity contribution in [1.82, 2.24) is 4.98 Å². The van der Waals surface area contributed by atoms with Crippen molar-refractivity contribution in [3.63, 3.8) is 0 Å². The molecule has 0 radical (unpaired) electrons. The number of aliphatic imine (C=N–C) groups is 3. The Labute approximate surface area is 149 Å². The molecule has 5 heterocycles. The number of nitrogens with one attached hydrogen (secondary N) is 1. The lowest BCUT2D eigenvalue weighted by Crippen LogP contribution is -2.23. The predicted molar refractivity (Wildman–Crippen MR) is 105 cm³/mol. The third-order valence-electron chi connectivity index (χ3n) is 4.28. The van der Waals surface area contributed by atoms with Gasteiger partial charge in [-0.25, -0.2) is 15.0 Å². The van der Waals surface area contributed by atoms with Crippen LogP contribution >= 0.6 is 0 Å². The lowest BCUT2D eigenvalue weighted by atomic mass is 10.2. The van der Waals surface area contributed by atoms with Gasteiger partial charge in [0.2, 0.25) is 0 Å². The van der Waals surface area contributed by atoms with Gasteiger partial charge in [-0.3, -0.25) is 0 Å². The van der Waals surface area contributed by atoms with Gasteiger partial charge in [-0.15, -0.1) is 0 Å². The number of rotatable bonds is 0. The Morgan fingerprint density at radius 1 is 0.692 bits per heavy atom. The molecule has 0 aliphatic carbocycles. The zero-order chi connectivity index (χ0) is 17.5. The van der Waals surface area contributed by atoms with Gasteiger partial charge in [-0.05, 0) is 66.8 Å². The summed E-state index contributed by atoms with van der Waals surface area (Å²) in [4.78, 5) is 17.1. The van der Waals surface area contributed by atoms with E-state index in [9.17, 15) is 5.11 Å². The zero-order valence-corrected chi connectivity index (χ0v) is 13.7. The molecular weight excluding hydrogens is 324 g/mol. The summed E-state index contributed by atoms with van der Waals surface area (Å²) < 4.78 is 0. The Morgan fingerprint density at radius 3 is 1.81 bits per heavy atom. The van der Waals surface area contributed by atoms with Crippen molar-refractivity contribution in [3.8, 4) is 0 Å². The van der Waals surface area contributed by atoms with E-state index >= 15 is 0 Å². The number of aromatic amines is 1. The van der Waals surface area contributed by atoms with Crippen LogP contribution in [0.25, 0.3) is 18.4 Å². The second kappa shape index (κ2) is 5.67. The van der Waals surface area contributed by atoms with E-state index < -0.39 is 0 Å². The second-order valence-corrected chi connectivity index (χ2v) is 6.18. The maximum Gasteiger partial charge on any atom is 0.0885 e. The van der Waals surface area contributed by atoms with E-state index in [1.165, 1.54) is 0 Å². The first kappa shape index (κ1) is 14.6. The molecular formula is C21H14N4O. The summed E-state index contributed by atoms with van der Waals surface area (Å²) >= 11 is 0. The number of aliphatic hydroxyl groups excluding tert-OH is 1. The Bertz CT molecular complexity index is 1220. The quantitative estimate of drug-likeness (QED) is 0.748. The van der Waals surface area contributed by atoms with Gasteiger partial charge in [0.15, 0.2) is 0 Å². The largest absolute Gasteiger partial charge is 0.515 e. The van der Waals surface area contributed by atoms with Crippen LogP contribution in [-0.4, -0.2) is 27.2 Å². The number of fused-ring (bicyclic) bond motifs is 5. The van der Waals surface area contributed by atoms with Crippen molar-refractivity contribution in [1.29, 1.82) is 0 Å². The monoisotopic (exact) mass is 338 g/mol. The third kappa shape index (κ3) is 2.65. The van der Waals surface area contributed by atoms with Crippen LogP contribution in [0.1, 0.15) is 5.69 Å². The fourth-order valence-electron chi connectivity index (χ4n) is 3.09. The maximum atomic E-state index is 9.54. The number of H-pyrrole nitrogens is 1. The van der Waals surface area contributed by atoms with Crippen LogP contribution in [0.5, 0.6) is 0 Å². The Balaban J connectivity index is 1.73. The zero-order valence-electron chi connectivity index (χ0n) is 13.7. The standard InChI is InChI=1S/C21H14N4O/c26-12-13-7-20-10-18-4-3-16(23-18)8-14-1-2-15(22-14)9-17-5-6-19(24-17)11-21(13)25-20/h1-12,25-26H/b13-12+,14-8?,17-9?,18-10?,21-11?. The molecule has 0 saturated carbocycles. The predicted octanol–water partition coefficient (Wildman–Crippen LogP) is 2.25. The Hall–Kier alpha value is -3.73. The van der Waals surface area contributed by atoms with E-state index in [2.05, 4.69) is 20.0 Å². The number of aromatic nitrogens is 1. The maximum absolute atomic E-state index is 9.54. The molecule has 4 aliphatic rings. The van der Waals surface area contributed by atoms with E-state index in [4.69, 9.17) is 0 Å². The van der Waals surface area contributed by atoms with Crippen molar-refractivity contribution in [2.24, 2.45) is 15.0 Å². The van der Waals surface area contributed by atoms with Gasteiger partial charge < -0.3 is 10.1 Å². The Morgan fingerprint density at radius 2 is 1.23 bits per heavy atom. The highest BCUT2D eigenvalue weighted by Crippen LogP contribution is 2.18. The summed E-state index contributed by atoms with van der Waals surface area (Å²) in [5.74, 6) is 0. The minimum Gasteiger partial charge on any atom is -0.515 e. The Kier molecular flexibility index (Phi) is 3.18. The molecule has 0 fully saturated rings. The van der Waals surface area contributed by atoms with E-state index in [1.807, 2.05) is 66.8 Å². The highest BCUT2D eigenvalue weighted by atomic mass is 16.2. The number of nitrogens with zero attached hydrogens (tertiary/aromatic N) is 3. The molecule has 0 aromatic carbocycles.